The minimum absolute atomic E-state index is 0.197. The minimum Gasteiger partial charge on any atom is -0.480 e. The largest absolute Gasteiger partial charge is 0.480 e. The van der Waals surface area contributed by atoms with Crippen LogP contribution in [-0.2, 0) is 4.79 Å². The fourth-order valence-corrected chi connectivity index (χ4v) is 1.81. The van der Waals surface area contributed by atoms with Crippen LogP contribution >= 0.6 is 0 Å². The topological polar surface area (TPSA) is 70.8 Å². The van der Waals surface area contributed by atoms with Gasteiger partial charge in [-0.05, 0) is 25.0 Å². The Labute approximate surface area is 86.3 Å². The number of likely N-dealkylation sites (tertiary alicyclic amines) is 1. The summed E-state index contributed by atoms with van der Waals surface area (Å²) in [6.45, 7) is 0.483. The quantitative estimate of drug-likeness (QED) is 0.787. The maximum Gasteiger partial charge on any atom is 0.326 e. The minimum atomic E-state index is -0.951. The lowest BCUT2D eigenvalue weighted by Crippen LogP contribution is -2.40. The lowest BCUT2D eigenvalue weighted by atomic mass is 10.2. The summed E-state index contributed by atoms with van der Waals surface area (Å²) in [6.07, 6.45) is 2.64. The van der Waals surface area contributed by atoms with Gasteiger partial charge < -0.3 is 14.4 Å². The number of carbonyl (C=O) groups excluding carboxylic acids is 1. The van der Waals surface area contributed by atoms with Crippen LogP contribution in [0.4, 0.5) is 0 Å². The molecule has 2 heterocycles. The van der Waals surface area contributed by atoms with Gasteiger partial charge >= 0.3 is 5.97 Å². The van der Waals surface area contributed by atoms with E-state index in [1.54, 1.807) is 12.1 Å². The molecule has 5 heteroatoms. The van der Waals surface area contributed by atoms with Crippen LogP contribution in [0.3, 0.4) is 0 Å². The second kappa shape index (κ2) is 3.76. The molecule has 1 aliphatic heterocycles. The predicted octanol–water partition coefficient (Wildman–Crippen LogP) is 0.969. The Morgan fingerprint density at radius 1 is 1.53 bits per heavy atom. The Morgan fingerprint density at radius 3 is 2.93 bits per heavy atom. The molecule has 0 aliphatic carbocycles. The molecule has 1 aromatic rings. The molecule has 80 valence electrons. The van der Waals surface area contributed by atoms with E-state index in [1.165, 1.54) is 11.2 Å². The zero-order valence-corrected chi connectivity index (χ0v) is 8.05. The van der Waals surface area contributed by atoms with Gasteiger partial charge in [0.2, 0.25) is 0 Å². The van der Waals surface area contributed by atoms with E-state index in [0.29, 0.717) is 13.0 Å². The Morgan fingerprint density at radius 2 is 2.33 bits per heavy atom. The van der Waals surface area contributed by atoms with Crippen LogP contribution in [0.15, 0.2) is 22.8 Å². The molecule has 1 atom stereocenters. The third kappa shape index (κ3) is 1.72. The van der Waals surface area contributed by atoms with E-state index >= 15 is 0 Å². The molecule has 1 N–H and O–H groups in total. The number of aliphatic carboxylic acids is 1. The highest BCUT2D eigenvalue weighted by Gasteiger charge is 2.35. The van der Waals surface area contributed by atoms with Gasteiger partial charge in [0.15, 0.2) is 5.76 Å². The molecule has 1 saturated heterocycles. The fraction of sp³-hybridized carbons (Fsp3) is 0.400. The number of furan rings is 1. The maximum atomic E-state index is 11.8. The number of carboxylic acid groups (broad SMARTS) is 1. The number of nitrogens with zero attached hydrogens (tertiary/aromatic N) is 1. The van der Waals surface area contributed by atoms with Crippen molar-refractivity contribution < 1.29 is 19.1 Å². The van der Waals surface area contributed by atoms with Crippen molar-refractivity contribution in [1.29, 1.82) is 0 Å². The number of hydrogen-bond acceptors (Lipinski definition) is 3. The molecule has 5 nitrogen and oxygen atoms in total. The van der Waals surface area contributed by atoms with Gasteiger partial charge in [0, 0.05) is 6.54 Å². The van der Waals surface area contributed by atoms with Gasteiger partial charge in [0.05, 0.1) is 6.26 Å². The average Bonchev–Trinajstić information content (AvgIpc) is 2.88. The Hall–Kier alpha value is -1.78. The van der Waals surface area contributed by atoms with Crippen LogP contribution in [0.5, 0.6) is 0 Å². The summed E-state index contributed by atoms with van der Waals surface area (Å²) in [7, 11) is 0. The van der Waals surface area contributed by atoms with Gasteiger partial charge in [0.25, 0.3) is 5.91 Å². The van der Waals surface area contributed by atoms with Gasteiger partial charge in [-0.15, -0.1) is 0 Å². The second-order valence-corrected chi connectivity index (χ2v) is 3.47. The lowest BCUT2D eigenvalue weighted by molar-refractivity contribution is -0.141. The van der Waals surface area contributed by atoms with Gasteiger partial charge in [-0.3, -0.25) is 4.79 Å². The Kier molecular flexibility index (Phi) is 2.45. The first-order valence-corrected chi connectivity index (χ1v) is 4.77. The van der Waals surface area contributed by atoms with E-state index in [-0.39, 0.29) is 11.7 Å². The summed E-state index contributed by atoms with van der Waals surface area (Å²) in [5, 5.41) is 8.91. The smallest absolute Gasteiger partial charge is 0.326 e. The van der Waals surface area contributed by atoms with E-state index in [2.05, 4.69) is 0 Å². The maximum absolute atomic E-state index is 11.8. The molecule has 15 heavy (non-hydrogen) atoms. The van der Waals surface area contributed by atoms with Gasteiger partial charge in [-0.1, -0.05) is 0 Å². The predicted molar refractivity (Wildman–Crippen MR) is 50.4 cm³/mol. The summed E-state index contributed by atoms with van der Waals surface area (Å²) in [4.78, 5) is 24.0. The molecule has 0 radical (unpaired) electrons. The first kappa shape index (κ1) is 9.76. The average molecular weight is 209 g/mol. The summed E-state index contributed by atoms with van der Waals surface area (Å²) in [5.41, 5.74) is 0. The monoisotopic (exact) mass is 209 g/mol. The Bertz CT molecular complexity index is 371. The molecule has 2 rings (SSSR count). The number of amides is 1. The molecular weight excluding hydrogens is 198 g/mol. The lowest BCUT2D eigenvalue weighted by Gasteiger charge is -2.19. The number of rotatable bonds is 2. The van der Waals surface area contributed by atoms with E-state index in [9.17, 15) is 9.59 Å². The van der Waals surface area contributed by atoms with Crippen LogP contribution in [0, 0.1) is 0 Å². The highest BCUT2D eigenvalue weighted by Crippen LogP contribution is 2.20. The van der Waals surface area contributed by atoms with Crippen molar-refractivity contribution in [2.75, 3.05) is 6.54 Å². The van der Waals surface area contributed by atoms with Gasteiger partial charge in [-0.2, -0.15) is 0 Å². The molecule has 1 amide bonds. The van der Waals surface area contributed by atoms with Crippen LogP contribution in [-0.4, -0.2) is 34.5 Å². The Balaban J connectivity index is 2.17. The normalized spacial score (nSPS) is 20.5. The van der Waals surface area contributed by atoms with Crippen molar-refractivity contribution >= 4 is 11.9 Å². The molecule has 1 aromatic heterocycles. The molecule has 0 unspecified atom stereocenters. The molecule has 0 spiro atoms. The van der Waals surface area contributed by atoms with Crippen molar-refractivity contribution in [2.45, 2.75) is 18.9 Å². The summed E-state index contributed by atoms with van der Waals surface area (Å²) in [5.74, 6) is -1.10. The summed E-state index contributed by atoms with van der Waals surface area (Å²) in [6, 6.07) is 2.45. The fourth-order valence-electron chi connectivity index (χ4n) is 1.81. The zero-order valence-electron chi connectivity index (χ0n) is 8.05. The van der Waals surface area contributed by atoms with Crippen LogP contribution in [0.2, 0.25) is 0 Å². The van der Waals surface area contributed by atoms with E-state index in [4.69, 9.17) is 9.52 Å². The SMILES string of the molecule is O=C(O)[C@@H]1CCCN1C(=O)c1ccco1. The molecule has 0 aromatic carbocycles. The van der Waals surface area contributed by atoms with Crippen LogP contribution < -0.4 is 0 Å². The summed E-state index contributed by atoms with van der Waals surface area (Å²) < 4.78 is 4.95. The second-order valence-electron chi connectivity index (χ2n) is 3.47. The highest BCUT2D eigenvalue weighted by molar-refractivity contribution is 5.94. The highest BCUT2D eigenvalue weighted by atomic mass is 16.4. The standard InChI is InChI=1S/C10H11NO4/c12-9(8-4-2-6-15-8)11-5-1-3-7(11)10(13)14/h2,4,6-7H,1,3,5H2,(H,13,14)/t7-/m0/s1. The van der Waals surface area contributed by atoms with Gasteiger partial charge in [0.1, 0.15) is 6.04 Å². The number of carboxylic acids is 1. The van der Waals surface area contributed by atoms with Crippen molar-refractivity contribution in [1.82, 2.24) is 4.90 Å². The number of hydrogen-bond donors (Lipinski definition) is 1. The molecule has 0 saturated carbocycles. The van der Waals surface area contributed by atoms with E-state index < -0.39 is 12.0 Å². The van der Waals surface area contributed by atoms with Crippen molar-refractivity contribution in [3.05, 3.63) is 24.2 Å². The first-order valence-electron chi connectivity index (χ1n) is 4.77. The van der Waals surface area contributed by atoms with Crippen molar-refractivity contribution in [3.8, 4) is 0 Å². The van der Waals surface area contributed by atoms with E-state index in [0.717, 1.165) is 6.42 Å². The van der Waals surface area contributed by atoms with Crippen LogP contribution in [0.25, 0.3) is 0 Å². The van der Waals surface area contributed by atoms with Crippen molar-refractivity contribution in [3.63, 3.8) is 0 Å². The van der Waals surface area contributed by atoms with Crippen molar-refractivity contribution in [2.24, 2.45) is 0 Å². The number of carbonyl (C=O) groups is 2. The van der Waals surface area contributed by atoms with Crippen LogP contribution in [0.1, 0.15) is 23.4 Å². The third-order valence-electron chi connectivity index (χ3n) is 2.53. The molecule has 0 bridgehead atoms. The molecule has 1 aliphatic rings. The van der Waals surface area contributed by atoms with E-state index in [1.807, 2.05) is 0 Å². The zero-order chi connectivity index (χ0) is 10.8. The first-order chi connectivity index (χ1) is 7.20. The third-order valence-corrected chi connectivity index (χ3v) is 2.53. The molecule has 1 fully saturated rings. The summed E-state index contributed by atoms with van der Waals surface area (Å²) >= 11 is 0. The van der Waals surface area contributed by atoms with Gasteiger partial charge in [-0.25, -0.2) is 4.79 Å². The molecular formula is C10H11NO4.